The van der Waals surface area contributed by atoms with Crippen LogP contribution in [0.1, 0.15) is 45.3 Å². The topological polar surface area (TPSA) is 47.4 Å². The molecule has 2 aliphatic rings. The van der Waals surface area contributed by atoms with Gasteiger partial charge in [0.1, 0.15) is 0 Å². The average molecular weight is 345 g/mol. The van der Waals surface area contributed by atoms with Gasteiger partial charge in [0, 0.05) is 38.2 Å². The van der Waals surface area contributed by atoms with Crippen LogP contribution in [0.15, 0.2) is 17.6 Å². The minimum absolute atomic E-state index is 0.129. The van der Waals surface area contributed by atoms with E-state index in [1.54, 1.807) is 0 Å². The minimum atomic E-state index is 0.129. The first-order valence-corrected chi connectivity index (χ1v) is 9.43. The number of hydrogen-bond acceptors (Lipinski definition) is 4. The van der Waals surface area contributed by atoms with Gasteiger partial charge in [-0.15, -0.1) is 11.3 Å². The van der Waals surface area contributed by atoms with Crippen LogP contribution in [0.25, 0.3) is 0 Å². The van der Waals surface area contributed by atoms with Gasteiger partial charge >= 0.3 is 0 Å². The number of amides is 1. The van der Waals surface area contributed by atoms with E-state index in [4.69, 9.17) is 4.74 Å². The van der Waals surface area contributed by atoms with E-state index < -0.39 is 0 Å². The number of ether oxygens (including phenoxy) is 1. The predicted molar refractivity (Wildman–Crippen MR) is 93.3 cm³/mol. The molecule has 0 spiro atoms. The number of aryl methyl sites for hydroxylation is 2. The molecule has 4 rings (SSSR count). The lowest BCUT2D eigenvalue weighted by atomic mass is 9.96. The van der Waals surface area contributed by atoms with Gasteiger partial charge in [-0.05, 0) is 42.7 Å². The number of hydrogen-bond donors (Lipinski definition) is 0. The number of aromatic nitrogens is 2. The second-order valence-corrected chi connectivity index (χ2v) is 7.89. The van der Waals surface area contributed by atoms with Crippen LogP contribution in [0, 0.1) is 12.8 Å². The fraction of sp³-hybridized carbons (Fsp3) is 0.556. The quantitative estimate of drug-likeness (QED) is 0.837. The highest BCUT2D eigenvalue weighted by molar-refractivity contribution is 7.12. The SMILES string of the molecule is Cc1ccsc1C(=O)N1Cc2cnn(C)c2[C@@H](COCC2CC2)C1. The Morgan fingerprint density at radius 1 is 1.42 bits per heavy atom. The van der Waals surface area contributed by atoms with Gasteiger partial charge in [0.2, 0.25) is 0 Å². The van der Waals surface area contributed by atoms with Crippen LogP contribution >= 0.6 is 11.3 Å². The van der Waals surface area contributed by atoms with E-state index in [1.165, 1.54) is 29.9 Å². The third kappa shape index (κ3) is 3.00. The smallest absolute Gasteiger partial charge is 0.264 e. The van der Waals surface area contributed by atoms with Crippen LogP contribution in [-0.2, 0) is 18.3 Å². The Balaban J connectivity index is 1.53. The molecule has 1 fully saturated rings. The maximum absolute atomic E-state index is 12.9. The monoisotopic (exact) mass is 345 g/mol. The molecule has 2 aromatic heterocycles. The molecular formula is C18H23N3O2S. The first-order valence-electron chi connectivity index (χ1n) is 8.55. The Labute approximate surface area is 146 Å². The second-order valence-electron chi connectivity index (χ2n) is 6.97. The standard InChI is InChI=1S/C18H23N3O2S/c1-12-5-6-24-17(12)18(22)21-8-14-7-19-20(2)16(14)15(9-21)11-23-10-13-3-4-13/h5-7,13,15H,3-4,8-11H2,1-2H3/t15-/m1/s1. The molecule has 0 bridgehead atoms. The van der Waals surface area contributed by atoms with Crippen LogP contribution in [0.2, 0.25) is 0 Å². The largest absolute Gasteiger partial charge is 0.380 e. The summed E-state index contributed by atoms with van der Waals surface area (Å²) in [4.78, 5) is 15.7. The summed E-state index contributed by atoms with van der Waals surface area (Å²) >= 11 is 1.53. The van der Waals surface area contributed by atoms with Crippen molar-refractivity contribution in [2.24, 2.45) is 13.0 Å². The van der Waals surface area contributed by atoms with Crippen molar-refractivity contribution in [3.63, 3.8) is 0 Å². The molecule has 6 heteroatoms. The summed E-state index contributed by atoms with van der Waals surface area (Å²) in [6.07, 6.45) is 4.48. The number of nitrogens with zero attached hydrogens (tertiary/aromatic N) is 3. The summed E-state index contributed by atoms with van der Waals surface area (Å²) in [7, 11) is 1.98. The van der Waals surface area contributed by atoms with Crippen molar-refractivity contribution in [3.05, 3.63) is 39.3 Å². The first-order chi connectivity index (χ1) is 11.6. The van der Waals surface area contributed by atoms with Gasteiger partial charge in [0.05, 0.1) is 23.4 Å². The lowest BCUT2D eigenvalue weighted by molar-refractivity contribution is 0.0624. The molecule has 0 radical (unpaired) electrons. The lowest BCUT2D eigenvalue weighted by Crippen LogP contribution is -2.40. The summed E-state index contributed by atoms with van der Waals surface area (Å²) in [5.74, 6) is 1.08. The third-order valence-corrected chi connectivity index (χ3v) is 5.97. The number of thiophene rings is 1. The highest BCUT2D eigenvalue weighted by Crippen LogP contribution is 2.32. The molecule has 3 heterocycles. The number of carbonyl (C=O) groups is 1. The van der Waals surface area contributed by atoms with E-state index in [0.717, 1.165) is 28.5 Å². The van der Waals surface area contributed by atoms with Gasteiger partial charge in [-0.25, -0.2) is 0 Å². The molecule has 1 saturated carbocycles. The van der Waals surface area contributed by atoms with Gasteiger partial charge < -0.3 is 9.64 Å². The van der Waals surface area contributed by atoms with Crippen molar-refractivity contribution in [2.75, 3.05) is 19.8 Å². The summed E-state index contributed by atoms with van der Waals surface area (Å²) in [5, 5.41) is 6.39. The normalized spacial score (nSPS) is 20.2. The number of fused-ring (bicyclic) bond motifs is 1. The molecule has 2 aromatic rings. The molecule has 0 unspecified atom stereocenters. The van der Waals surface area contributed by atoms with Gasteiger partial charge in [-0.2, -0.15) is 5.10 Å². The Hall–Kier alpha value is -1.66. The fourth-order valence-electron chi connectivity index (χ4n) is 3.45. The van der Waals surface area contributed by atoms with E-state index in [-0.39, 0.29) is 11.8 Å². The van der Waals surface area contributed by atoms with Gasteiger partial charge in [-0.3, -0.25) is 9.48 Å². The molecule has 0 N–H and O–H groups in total. The van der Waals surface area contributed by atoms with Crippen molar-refractivity contribution in [3.8, 4) is 0 Å². The molecule has 1 aliphatic carbocycles. The van der Waals surface area contributed by atoms with Crippen molar-refractivity contribution in [1.82, 2.24) is 14.7 Å². The highest BCUT2D eigenvalue weighted by atomic mass is 32.1. The van der Waals surface area contributed by atoms with E-state index in [1.807, 2.05) is 41.2 Å². The summed E-state index contributed by atoms with van der Waals surface area (Å²) in [5.41, 5.74) is 3.42. The first kappa shape index (κ1) is 15.8. The van der Waals surface area contributed by atoms with Crippen LogP contribution in [-0.4, -0.2) is 40.3 Å². The molecule has 1 amide bonds. The van der Waals surface area contributed by atoms with Crippen molar-refractivity contribution in [2.45, 2.75) is 32.2 Å². The summed E-state index contributed by atoms with van der Waals surface area (Å²) in [6.45, 7) is 4.85. The highest BCUT2D eigenvalue weighted by Gasteiger charge is 2.33. The van der Waals surface area contributed by atoms with Crippen LogP contribution in [0.5, 0.6) is 0 Å². The summed E-state index contributed by atoms with van der Waals surface area (Å²) in [6, 6.07) is 2.01. The number of carbonyl (C=O) groups excluding carboxylic acids is 1. The number of rotatable bonds is 5. The molecule has 1 aliphatic heterocycles. The molecule has 24 heavy (non-hydrogen) atoms. The van der Waals surface area contributed by atoms with E-state index in [9.17, 15) is 4.79 Å². The van der Waals surface area contributed by atoms with E-state index in [0.29, 0.717) is 19.7 Å². The minimum Gasteiger partial charge on any atom is -0.380 e. The molecular weight excluding hydrogens is 322 g/mol. The molecule has 5 nitrogen and oxygen atoms in total. The average Bonchev–Trinajstić information content (AvgIpc) is 3.18. The molecule has 1 atom stereocenters. The Morgan fingerprint density at radius 3 is 2.96 bits per heavy atom. The van der Waals surface area contributed by atoms with Gasteiger partial charge in [0.25, 0.3) is 5.91 Å². The molecule has 0 saturated heterocycles. The zero-order chi connectivity index (χ0) is 16.7. The lowest BCUT2D eigenvalue weighted by Gasteiger charge is -2.33. The maximum Gasteiger partial charge on any atom is 0.264 e. The predicted octanol–water partition coefficient (Wildman–Crippen LogP) is 2.96. The van der Waals surface area contributed by atoms with E-state index >= 15 is 0 Å². The molecule has 128 valence electrons. The van der Waals surface area contributed by atoms with Gasteiger partial charge in [0.15, 0.2) is 0 Å². The van der Waals surface area contributed by atoms with E-state index in [2.05, 4.69) is 5.10 Å². The zero-order valence-electron chi connectivity index (χ0n) is 14.2. The maximum atomic E-state index is 12.9. The summed E-state index contributed by atoms with van der Waals surface area (Å²) < 4.78 is 7.89. The van der Waals surface area contributed by atoms with Crippen LogP contribution < -0.4 is 0 Å². The Bertz CT molecular complexity index is 747. The van der Waals surface area contributed by atoms with Crippen LogP contribution in [0.4, 0.5) is 0 Å². The van der Waals surface area contributed by atoms with Gasteiger partial charge in [-0.1, -0.05) is 0 Å². The van der Waals surface area contributed by atoms with Crippen molar-refractivity contribution in [1.29, 1.82) is 0 Å². The Morgan fingerprint density at radius 2 is 2.25 bits per heavy atom. The molecule has 0 aromatic carbocycles. The van der Waals surface area contributed by atoms with Crippen molar-refractivity contribution >= 4 is 17.2 Å². The second kappa shape index (κ2) is 6.33. The zero-order valence-corrected chi connectivity index (χ0v) is 15.0. The van der Waals surface area contributed by atoms with Crippen LogP contribution in [0.3, 0.4) is 0 Å². The third-order valence-electron chi connectivity index (χ3n) is 4.97. The van der Waals surface area contributed by atoms with Crippen molar-refractivity contribution < 1.29 is 9.53 Å². The fourth-order valence-corrected chi connectivity index (χ4v) is 4.34. The Kier molecular flexibility index (Phi) is 4.18.